The summed E-state index contributed by atoms with van der Waals surface area (Å²) in [6.45, 7) is -0.183. The Morgan fingerprint density at radius 3 is 2.71 bits per heavy atom. The second-order valence-electron chi connectivity index (χ2n) is 3.71. The number of thiocarbonyl (C=S) groups is 1. The van der Waals surface area contributed by atoms with Gasteiger partial charge in [-0.15, -0.1) is 0 Å². The number of hydrogen-bond acceptors (Lipinski definition) is 4. The quantitative estimate of drug-likeness (QED) is 0.672. The van der Waals surface area contributed by atoms with E-state index in [0.717, 1.165) is 0 Å². The van der Waals surface area contributed by atoms with Crippen molar-refractivity contribution in [3.05, 3.63) is 29.8 Å². The molecule has 0 radical (unpaired) electrons. The third-order valence-corrected chi connectivity index (χ3v) is 2.50. The Kier molecular flexibility index (Phi) is 4.42. The number of carboxylic acid groups (broad SMARTS) is 1. The van der Waals surface area contributed by atoms with Gasteiger partial charge in [0, 0.05) is 0 Å². The molecule has 5 nitrogen and oxygen atoms in total. The molecule has 1 aromatic rings. The minimum Gasteiger partial charge on any atom is -0.508 e. The van der Waals surface area contributed by atoms with Crippen molar-refractivity contribution >= 4 is 23.2 Å². The van der Waals surface area contributed by atoms with Crippen LogP contribution in [0.2, 0.25) is 0 Å². The summed E-state index contributed by atoms with van der Waals surface area (Å²) in [6.07, 6.45) is 0. The van der Waals surface area contributed by atoms with Gasteiger partial charge in [-0.2, -0.15) is 0 Å². The Balaban J connectivity index is 3.01. The molecule has 0 aromatic heterocycles. The highest BCUT2D eigenvalue weighted by Gasteiger charge is 2.21. The van der Waals surface area contributed by atoms with E-state index in [1.807, 2.05) is 0 Å². The molecule has 0 aliphatic carbocycles. The number of nitrogens with zero attached hydrogens (tertiary/aromatic N) is 1. The summed E-state index contributed by atoms with van der Waals surface area (Å²) in [5.41, 5.74) is 6.28. The number of phenols is 1. The molecule has 1 rings (SSSR count). The van der Waals surface area contributed by atoms with Crippen molar-refractivity contribution < 1.29 is 15.0 Å². The fraction of sp³-hybridized carbons (Fsp3) is 0.273. The van der Waals surface area contributed by atoms with E-state index < -0.39 is 12.0 Å². The van der Waals surface area contributed by atoms with Gasteiger partial charge in [0.25, 0.3) is 0 Å². The predicted octanol–water partition coefficient (Wildman–Crippen LogP) is 0.736. The highest BCUT2D eigenvalue weighted by Crippen LogP contribution is 2.23. The standard InChI is InChI=1S/C11H14N2O3S/c1-13(6-9(15)16)10(11(12)17)7-3-2-4-8(14)5-7/h2-5,10,14H,6H2,1H3,(H2,12,17)(H,15,16). The lowest BCUT2D eigenvalue weighted by Crippen LogP contribution is -2.37. The van der Waals surface area contributed by atoms with E-state index in [1.165, 1.54) is 17.0 Å². The second-order valence-corrected chi connectivity index (χ2v) is 4.18. The van der Waals surface area contributed by atoms with Crippen molar-refractivity contribution in [3.63, 3.8) is 0 Å². The first-order valence-electron chi connectivity index (χ1n) is 4.92. The Bertz CT molecular complexity index is 436. The highest BCUT2D eigenvalue weighted by molar-refractivity contribution is 7.80. The normalized spacial score (nSPS) is 12.4. The maximum Gasteiger partial charge on any atom is 0.317 e. The zero-order chi connectivity index (χ0) is 13.0. The van der Waals surface area contributed by atoms with E-state index in [1.54, 1.807) is 19.2 Å². The fourth-order valence-corrected chi connectivity index (χ4v) is 1.95. The van der Waals surface area contributed by atoms with Gasteiger partial charge in [0.2, 0.25) is 0 Å². The topological polar surface area (TPSA) is 86.8 Å². The number of benzene rings is 1. The van der Waals surface area contributed by atoms with Crippen LogP contribution in [0.3, 0.4) is 0 Å². The van der Waals surface area contributed by atoms with Gasteiger partial charge in [0.05, 0.1) is 17.6 Å². The third kappa shape index (κ3) is 3.69. The van der Waals surface area contributed by atoms with Gasteiger partial charge in [-0.05, 0) is 24.7 Å². The lowest BCUT2D eigenvalue weighted by atomic mass is 10.1. The Morgan fingerprint density at radius 2 is 2.24 bits per heavy atom. The summed E-state index contributed by atoms with van der Waals surface area (Å²) < 4.78 is 0. The number of rotatable bonds is 5. The van der Waals surface area contributed by atoms with E-state index in [4.69, 9.17) is 23.1 Å². The number of carboxylic acids is 1. The zero-order valence-electron chi connectivity index (χ0n) is 9.33. The van der Waals surface area contributed by atoms with Crippen LogP contribution in [-0.2, 0) is 4.79 Å². The summed E-state index contributed by atoms with van der Waals surface area (Å²) >= 11 is 4.93. The summed E-state index contributed by atoms with van der Waals surface area (Å²) in [4.78, 5) is 12.3. The van der Waals surface area contributed by atoms with Crippen molar-refractivity contribution in [2.75, 3.05) is 13.6 Å². The third-order valence-electron chi connectivity index (χ3n) is 2.28. The van der Waals surface area contributed by atoms with Crippen LogP contribution >= 0.6 is 12.2 Å². The van der Waals surface area contributed by atoms with E-state index in [0.29, 0.717) is 5.56 Å². The predicted molar refractivity (Wildman–Crippen MR) is 67.9 cm³/mol. The number of likely N-dealkylation sites (N-methyl/N-ethyl adjacent to an activating group) is 1. The van der Waals surface area contributed by atoms with Gasteiger partial charge >= 0.3 is 5.97 Å². The molecule has 0 spiro atoms. The Labute approximate surface area is 104 Å². The molecule has 0 saturated heterocycles. The summed E-state index contributed by atoms with van der Waals surface area (Å²) in [5, 5.41) is 18.1. The molecule has 0 heterocycles. The molecule has 1 unspecified atom stereocenters. The van der Waals surface area contributed by atoms with Crippen LogP contribution in [0.4, 0.5) is 0 Å². The number of nitrogens with two attached hydrogens (primary N) is 1. The first kappa shape index (κ1) is 13.4. The zero-order valence-corrected chi connectivity index (χ0v) is 10.1. The van der Waals surface area contributed by atoms with Gasteiger partial charge in [-0.1, -0.05) is 24.4 Å². The number of phenolic OH excluding ortho intramolecular Hbond substituents is 1. The van der Waals surface area contributed by atoms with Crippen LogP contribution in [0, 0.1) is 0 Å². The van der Waals surface area contributed by atoms with Crippen molar-refractivity contribution in [3.8, 4) is 5.75 Å². The maximum absolute atomic E-state index is 10.7. The van der Waals surface area contributed by atoms with Gasteiger partial charge in [-0.3, -0.25) is 9.69 Å². The monoisotopic (exact) mass is 254 g/mol. The van der Waals surface area contributed by atoms with Gasteiger partial charge in [0.1, 0.15) is 5.75 Å². The lowest BCUT2D eigenvalue weighted by Gasteiger charge is -2.26. The maximum atomic E-state index is 10.7. The molecule has 0 aliphatic heterocycles. The SMILES string of the molecule is CN(CC(=O)O)C(C(N)=S)c1cccc(O)c1. The Hall–Kier alpha value is -1.66. The van der Waals surface area contributed by atoms with E-state index in [2.05, 4.69) is 0 Å². The lowest BCUT2D eigenvalue weighted by molar-refractivity contribution is -0.138. The summed E-state index contributed by atoms with van der Waals surface area (Å²) in [5.74, 6) is -0.874. The molecule has 1 atom stereocenters. The van der Waals surface area contributed by atoms with E-state index in [9.17, 15) is 9.90 Å². The fourth-order valence-electron chi connectivity index (χ4n) is 1.64. The van der Waals surface area contributed by atoms with Crippen LogP contribution in [0.15, 0.2) is 24.3 Å². The minimum atomic E-state index is -0.964. The number of aromatic hydroxyl groups is 1. The smallest absolute Gasteiger partial charge is 0.317 e. The molecular formula is C11H14N2O3S. The van der Waals surface area contributed by atoms with Gasteiger partial charge < -0.3 is 15.9 Å². The average molecular weight is 254 g/mol. The van der Waals surface area contributed by atoms with Crippen molar-refractivity contribution in [2.24, 2.45) is 5.73 Å². The molecule has 0 fully saturated rings. The van der Waals surface area contributed by atoms with Gasteiger partial charge in [0.15, 0.2) is 0 Å². The Morgan fingerprint density at radius 1 is 1.59 bits per heavy atom. The van der Waals surface area contributed by atoms with Crippen LogP contribution in [0.25, 0.3) is 0 Å². The van der Waals surface area contributed by atoms with E-state index in [-0.39, 0.29) is 17.3 Å². The van der Waals surface area contributed by atoms with Crippen LogP contribution in [0.5, 0.6) is 5.75 Å². The van der Waals surface area contributed by atoms with Crippen molar-refractivity contribution in [1.29, 1.82) is 0 Å². The van der Waals surface area contributed by atoms with Crippen LogP contribution in [-0.4, -0.2) is 39.7 Å². The summed E-state index contributed by atoms with van der Waals surface area (Å²) in [7, 11) is 1.61. The molecular weight excluding hydrogens is 240 g/mol. The molecule has 0 saturated carbocycles. The number of aliphatic carboxylic acids is 1. The number of hydrogen-bond donors (Lipinski definition) is 3. The van der Waals surface area contributed by atoms with Crippen LogP contribution < -0.4 is 5.73 Å². The molecule has 17 heavy (non-hydrogen) atoms. The minimum absolute atomic E-state index is 0.0903. The van der Waals surface area contributed by atoms with E-state index >= 15 is 0 Å². The molecule has 0 aliphatic rings. The number of carbonyl (C=O) groups is 1. The molecule has 4 N–H and O–H groups in total. The second kappa shape index (κ2) is 5.60. The molecule has 1 aromatic carbocycles. The first-order valence-corrected chi connectivity index (χ1v) is 5.33. The van der Waals surface area contributed by atoms with Gasteiger partial charge in [-0.25, -0.2) is 0 Å². The summed E-state index contributed by atoms with van der Waals surface area (Å²) in [6, 6.07) is 5.93. The van der Waals surface area contributed by atoms with Crippen molar-refractivity contribution in [1.82, 2.24) is 4.90 Å². The average Bonchev–Trinajstić information content (AvgIpc) is 2.15. The molecule has 0 bridgehead atoms. The highest BCUT2D eigenvalue weighted by atomic mass is 32.1. The molecule has 6 heteroatoms. The molecule has 0 amide bonds. The first-order chi connectivity index (χ1) is 7.91. The molecule has 92 valence electrons. The van der Waals surface area contributed by atoms with Crippen LogP contribution in [0.1, 0.15) is 11.6 Å². The largest absolute Gasteiger partial charge is 0.508 e. The van der Waals surface area contributed by atoms with Crippen molar-refractivity contribution in [2.45, 2.75) is 6.04 Å².